The number of aryl methyl sites for hydroxylation is 1. The average molecular weight is 323 g/mol. The van der Waals surface area contributed by atoms with E-state index >= 15 is 0 Å². The van der Waals surface area contributed by atoms with E-state index in [1.54, 1.807) is 0 Å². The number of benzene rings is 2. The van der Waals surface area contributed by atoms with Crippen molar-refractivity contribution in [3.63, 3.8) is 0 Å². The molecule has 3 aromatic rings. The van der Waals surface area contributed by atoms with E-state index in [1.165, 1.54) is 0 Å². The third-order valence-electron chi connectivity index (χ3n) is 3.80. The number of aromatic amines is 1. The SMILES string of the molecule is CCOC(=O)CCc1cc2cc(OCc3ccccc3)ccc2[nH]1. The van der Waals surface area contributed by atoms with Crippen LogP contribution >= 0.6 is 0 Å². The van der Waals surface area contributed by atoms with Gasteiger partial charge in [-0.1, -0.05) is 30.3 Å². The second-order valence-corrected chi connectivity index (χ2v) is 5.62. The Labute approximate surface area is 141 Å². The highest BCUT2D eigenvalue weighted by Crippen LogP contribution is 2.23. The normalized spacial score (nSPS) is 10.7. The molecule has 1 N–H and O–H groups in total. The van der Waals surface area contributed by atoms with Crippen molar-refractivity contribution in [1.82, 2.24) is 4.98 Å². The molecule has 1 heterocycles. The van der Waals surface area contributed by atoms with Gasteiger partial charge in [-0.15, -0.1) is 0 Å². The van der Waals surface area contributed by atoms with Crippen LogP contribution in [0.3, 0.4) is 0 Å². The molecule has 0 atom stereocenters. The van der Waals surface area contributed by atoms with E-state index in [1.807, 2.05) is 55.5 Å². The molecule has 0 bridgehead atoms. The summed E-state index contributed by atoms with van der Waals surface area (Å²) in [4.78, 5) is 14.8. The van der Waals surface area contributed by atoms with Crippen LogP contribution in [0.2, 0.25) is 0 Å². The van der Waals surface area contributed by atoms with E-state index in [4.69, 9.17) is 9.47 Å². The molecular weight excluding hydrogens is 302 g/mol. The highest BCUT2D eigenvalue weighted by atomic mass is 16.5. The zero-order chi connectivity index (χ0) is 16.8. The number of H-pyrrole nitrogens is 1. The Morgan fingerprint density at radius 2 is 1.92 bits per heavy atom. The molecule has 0 amide bonds. The van der Waals surface area contributed by atoms with Gasteiger partial charge in [-0.2, -0.15) is 0 Å². The Morgan fingerprint density at radius 1 is 1.08 bits per heavy atom. The van der Waals surface area contributed by atoms with E-state index in [0.717, 1.165) is 27.9 Å². The molecule has 0 unspecified atom stereocenters. The molecule has 124 valence electrons. The predicted molar refractivity (Wildman–Crippen MR) is 94.0 cm³/mol. The first-order chi connectivity index (χ1) is 11.7. The molecule has 4 heteroatoms. The minimum atomic E-state index is -0.164. The van der Waals surface area contributed by atoms with Crippen LogP contribution in [0.15, 0.2) is 54.6 Å². The van der Waals surface area contributed by atoms with Crippen molar-refractivity contribution >= 4 is 16.9 Å². The number of rotatable bonds is 7. The molecular formula is C20H21NO3. The predicted octanol–water partition coefficient (Wildman–Crippen LogP) is 4.24. The van der Waals surface area contributed by atoms with Crippen molar-refractivity contribution in [2.45, 2.75) is 26.4 Å². The lowest BCUT2D eigenvalue weighted by molar-refractivity contribution is -0.143. The zero-order valence-electron chi connectivity index (χ0n) is 13.7. The molecule has 0 aliphatic rings. The molecule has 1 aromatic heterocycles. The Morgan fingerprint density at radius 3 is 2.71 bits per heavy atom. The molecule has 0 saturated heterocycles. The quantitative estimate of drug-likeness (QED) is 0.662. The third kappa shape index (κ3) is 4.16. The molecule has 0 aliphatic carbocycles. The Balaban J connectivity index is 1.64. The molecule has 4 nitrogen and oxygen atoms in total. The molecule has 0 aliphatic heterocycles. The van der Waals surface area contributed by atoms with Crippen molar-refractivity contribution in [2.75, 3.05) is 6.61 Å². The summed E-state index contributed by atoms with van der Waals surface area (Å²) in [5.41, 5.74) is 3.21. The Kier molecular flexibility index (Phi) is 5.16. The van der Waals surface area contributed by atoms with Gasteiger partial charge in [-0.05, 0) is 43.2 Å². The first kappa shape index (κ1) is 16.1. The van der Waals surface area contributed by atoms with E-state index in [9.17, 15) is 4.79 Å². The molecule has 0 radical (unpaired) electrons. The number of hydrogen-bond acceptors (Lipinski definition) is 3. The molecule has 24 heavy (non-hydrogen) atoms. The largest absolute Gasteiger partial charge is 0.489 e. The first-order valence-corrected chi connectivity index (χ1v) is 8.18. The minimum Gasteiger partial charge on any atom is -0.489 e. The molecule has 3 rings (SSSR count). The standard InChI is InChI=1S/C20H21NO3/c1-2-23-20(22)11-8-17-12-16-13-18(9-10-19(16)21-17)24-14-15-6-4-3-5-7-15/h3-7,9-10,12-13,21H,2,8,11,14H2,1H3. The van der Waals surface area contributed by atoms with Crippen LogP contribution in [0.5, 0.6) is 5.75 Å². The molecule has 0 spiro atoms. The summed E-state index contributed by atoms with van der Waals surface area (Å²) in [6.07, 6.45) is 1.03. The second kappa shape index (κ2) is 7.68. The minimum absolute atomic E-state index is 0.164. The Hall–Kier alpha value is -2.75. The summed E-state index contributed by atoms with van der Waals surface area (Å²) in [5, 5.41) is 1.08. The van der Waals surface area contributed by atoms with Crippen LogP contribution in [0.4, 0.5) is 0 Å². The van der Waals surface area contributed by atoms with Crippen molar-refractivity contribution in [3.05, 3.63) is 65.9 Å². The summed E-state index contributed by atoms with van der Waals surface area (Å²) in [5.74, 6) is 0.672. The summed E-state index contributed by atoms with van der Waals surface area (Å²) >= 11 is 0. The van der Waals surface area contributed by atoms with E-state index in [-0.39, 0.29) is 5.97 Å². The highest BCUT2D eigenvalue weighted by Gasteiger charge is 2.06. The van der Waals surface area contributed by atoms with Crippen LogP contribution in [0, 0.1) is 0 Å². The zero-order valence-corrected chi connectivity index (χ0v) is 13.7. The maximum absolute atomic E-state index is 11.4. The van der Waals surface area contributed by atoms with Gasteiger partial charge in [0.1, 0.15) is 12.4 Å². The fourth-order valence-electron chi connectivity index (χ4n) is 2.61. The van der Waals surface area contributed by atoms with Crippen LogP contribution in [0.25, 0.3) is 10.9 Å². The Bertz CT molecular complexity index is 808. The highest BCUT2D eigenvalue weighted by molar-refractivity contribution is 5.82. The third-order valence-corrected chi connectivity index (χ3v) is 3.80. The number of hydrogen-bond donors (Lipinski definition) is 1. The van der Waals surface area contributed by atoms with Gasteiger partial charge in [0.15, 0.2) is 0 Å². The van der Waals surface area contributed by atoms with Crippen molar-refractivity contribution < 1.29 is 14.3 Å². The van der Waals surface area contributed by atoms with Crippen LogP contribution < -0.4 is 4.74 Å². The number of esters is 1. The van der Waals surface area contributed by atoms with Gasteiger partial charge in [-0.25, -0.2) is 0 Å². The average Bonchev–Trinajstić information content (AvgIpc) is 3.01. The number of ether oxygens (including phenoxy) is 2. The number of nitrogens with one attached hydrogen (secondary N) is 1. The van der Waals surface area contributed by atoms with Gasteiger partial charge < -0.3 is 14.5 Å². The maximum atomic E-state index is 11.4. The number of carbonyl (C=O) groups is 1. The lowest BCUT2D eigenvalue weighted by Crippen LogP contribution is -2.05. The summed E-state index contributed by atoms with van der Waals surface area (Å²) in [6.45, 7) is 2.79. The van der Waals surface area contributed by atoms with Gasteiger partial charge in [0.2, 0.25) is 0 Å². The van der Waals surface area contributed by atoms with Gasteiger partial charge in [0, 0.05) is 16.6 Å². The fourth-order valence-corrected chi connectivity index (χ4v) is 2.61. The van der Waals surface area contributed by atoms with Crippen LogP contribution in [-0.4, -0.2) is 17.6 Å². The van der Waals surface area contributed by atoms with Crippen molar-refractivity contribution in [2.24, 2.45) is 0 Å². The molecule has 0 saturated carbocycles. The topological polar surface area (TPSA) is 51.3 Å². The number of aromatic nitrogens is 1. The van der Waals surface area contributed by atoms with Crippen molar-refractivity contribution in [3.8, 4) is 5.75 Å². The molecule has 0 fully saturated rings. The molecule has 2 aromatic carbocycles. The maximum Gasteiger partial charge on any atom is 0.306 e. The van der Waals surface area contributed by atoms with Gasteiger partial charge in [0.05, 0.1) is 13.0 Å². The van der Waals surface area contributed by atoms with E-state index in [2.05, 4.69) is 11.1 Å². The fraction of sp³-hybridized carbons (Fsp3) is 0.250. The van der Waals surface area contributed by atoms with Crippen LogP contribution in [-0.2, 0) is 22.6 Å². The number of carbonyl (C=O) groups excluding carboxylic acids is 1. The van der Waals surface area contributed by atoms with Gasteiger partial charge in [-0.3, -0.25) is 4.79 Å². The summed E-state index contributed by atoms with van der Waals surface area (Å²) in [7, 11) is 0. The van der Waals surface area contributed by atoms with Gasteiger partial charge >= 0.3 is 5.97 Å². The lowest BCUT2D eigenvalue weighted by atomic mass is 10.2. The van der Waals surface area contributed by atoms with Crippen LogP contribution in [0.1, 0.15) is 24.6 Å². The smallest absolute Gasteiger partial charge is 0.306 e. The van der Waals surface area contributed by atoms with E-state index < -0.39 is 0 Å². The number of fused-ring (bicyclic) bond motifs is 1. The van der Waals surface area contributed by atoms with E-state index in [0.29, 0.717) is 26.1 Å². The second-order valence-electron chi connectivity index (χ2n) is 5.62. The van der Waals surface area contributed by atoms with Gasteiger partial charge in [0.25, 0.3) is 0 Å². The lowest BCUT2D eigenvalue weighted by Gasteiger charge is -2.06. The van der Waals surface area contributed by atoms with Crippen molar-refractivity contribution in [1.29, 1.82) is 0 Å². The first-order valence-electron chi connectivity index (χ1n) is 8.18. The summed E-state index contributed by atoms with van der Waals surface area (Å²) < 4.78 is 10.8. The monoisotopic (exact) mass is 323 g/mol. The summed E-state index contributed by atoms with van der Waals surface area (Å²) in [6, 6.07) is 18.1.